The number of carbonyl (C=O) groups is 4. The Bertz CT molecular complexity index is 950. The van der Waals surface area contributed by atoms with Crippen molar-refractivity contribution in [2.45, 2.75) is 37.8 Å². The van der Waals surface area contributed by atoms with Crippen LogP contribution in [0, 0.1) is 0 Å². The summed E-state index contributed by atoms with van der Waals surface area (Å²) in [5.74, 6) is -1.37. The Morgan fingerprint density at radius 3 is 2.13 bits per heavy atom. The smallest absolute Gasteiger partial charge is 0.261 e. The molecule has 2 aromatic rings. The summed E-state index contributed by atoms with van der Waals surface area (Å²) < 4.78 is 0. The van der Waals surface area contributed by atoms with Gasteiger partial charge in [0.2, 0.25) is 11.8 Å². The first-order valence-electron chi connectivity index (χ1n) is 10.1. The number of amides is 4. The maximum absolute atomic E-state index is 12.6. The first kappa shape index (κ1) is 19.8. The molecule has 2 N–H and O–H groups in total. The van der Waals surface area contributed by atoms with Crippen LogP contribution in [0.25, 0.3) is 0 Å². The van der Waals surface area contributed by atoms with Crippen molar-refractivity contribution >= 4 is 23.6 Å². The van der Waals surface area contributed by atoms with Crippen LogP contribution in [0.1, 0.15) is 45.5 Å². The standard InChI is InChI=1S/C23H23N3O4/c27-20(12-13-26-22(29)17-8-4-5-9-18(17)23(26)30)25-19(21(28)24-16-10-11-16)14-15-6-2-1-3-7-15/h1-9,16,19H,10-14H2,(H,24,28)(H,25,27). The van der Waals surface area contributed by atoms with Crippen molar-refractivity contribution in [3.8, 4) is 0 Å². The van der Waals surface area contributed by atoms with Crippen LogP contribution in [0.5, 0.6) is 0 Å². The van der Waals surface area contributed by atoms with E-state index in [9.17, 15) is 19.2 Å². The van der Waals surface area contributed by atoms with Crippen LogP contribution in [0.3, 0.4) is 0 Å². The van der Waals surface area contributed by atoms with Gasteiger partial charge in [-0.2, -0.15) is 0 Å². The average molecular weight is 405 g/mol. The molecule has 0 radical (unpaired) electrons. The van der Waals surface area contributed by atoms with Crippen LogP contribution in [0.4, 0.5) is 0 Å². The Hall–Kier alpha value is -3.48. The molecule has 1 unspecified atom stereocenters. The van der Waals surface area contributed by atoms with Gasteiger partial charge in [0.15, 0.2) is 0 Å². The Kier molecular flexibility index (Phi) is 5.61. The van der Waals surface area contributed by atoms with Gasteiger partial charge in [0.05, 0.1) is 11.1 Å². The number of nitrogens with one attached hydrogen (secondary N) is 2. The molecule has 154 valence electrons. The van der Waals surface area contributed by atoms with Gasteiger partial charge >= 0.3 is 0 Å². The maximum atomic E-state index is 12.6. The van der Waals surface area contributed by atoms with Crippen LogP contribution < -0.4 is 10.6 Å². The highest BCUT2D eigenvalue weighted by Gasteiger charge is 2.35. The molecule has 0 bridgehead atoms. The first-order valence-corrected chi connectivity index (χ1v) is 10.1. The van der Waals surface area contributed by atoms with Crippen molar-refractivity contribution in [2.75, 3.05) is 6.54 Å². The van der Waals surface area contributed by atoms with Gasteiger partial charge in [-0.05, 0) is 30.5 Å². The molecule has 4 rings (SSSR count). The molecule has 1 aliphatic carbocycles. The molecular weight excluding hydrogens is 382 g/mol. The second-order valence-electron chi connectivity index (χ2n) is 7.65. The van der Waals surface area contributed by atoms with Crippen molar-refractivity contribution in [1.29, 1.82) is 0 Å². The molecule has 7 nitrogen and oxygen atoms in total. The van der Waals surface area contributed by atoms with E-state index in [1.807, 2.05) is 30.3 Å². The van der Waals surface area contributed by atoms with E-state index < -0.39 is 17.9 Å². The number of carbonyl (C=O) groups excluding carboxylic acids is 4. The fourth-order valence-corrected chi connectivity index (χ4v) is 3.51. The summed E-state index contributed by atoms with van der Waals surface area (Å²) in [4.78, 5) is 51.1. The quantitative estimate of drug-likeness (QED) is 0.653. The predicted molar refractivity (Wildman–Crippen MR) is 110 cm³/mol. The number of hydrogen-bond donors (Lipinski definition) is 2. The SMILES string of the molecule is O=C(CCN1C(=O)c2ccccc2C1=O)NC(Cc1ccccc1)C(=O)NC1CC1. The summed E-state index contributed by atoms with van der Waals surface area (Å²) in [6, 6.07) is 15.6. The number of imide groups is 1. The number of hydrogen-bond acceptors (Lipinski definition) is 4. The zero-order valence-electron chi connectivity index (χ0n) is 16.5. The zero-order valence-corrected chi connectivity index (χ0v) is 16.5. The Morgan fingerprint density at radius 2 is 1.53 bits per heavy atom. The van der Waals surface area contributed by atoms with E-state index in [1.165, 1.54) is 0 Å². The Balaban J connectivity index is 1.37. The van der Waals surface area contributed by atoms with E-state index in [2.05, 4.69) is 10.6 Å². The topological polar surface area (TPSA) is 95.6 Å². The average Bonchev–Trinajstić information content (AvgIpc) is 3.53. The van der Waals surface area contributed by atoms with Gasteiger partial charge in [0.25, 0.3) is 11.8 Å². The lowest BCUT2D eigenvalue weighted by Crippen LogP contribution is -2.49. The van der Waals surface area contributed by atoms with Gasteiger partial charge in [0, 0.05) is 25.4 Å². The van der Waals surface area contributed by atoms with E-state index in [-0.39, 0.29) is 30.8 Å². The monoisotopic (exact) mass is 405 g/mol. The molecule has 30 heavy (non-hydrogen) atoms. The maximum Gasteiger partial charge on any atom is 0.261 e. The molecule has 1 fully saturated rings. The van der Waals surface area contributed by atoms with E-state index >= 15 is 0 Å². The summed E-state index contributed by atoms with van der Waals surface area (Å²) in [5, 5.41) is 5.70. The lowest BCUT2D eigenvalue weighted by molar-refractivity contribution is -0.129. The molecule has 1 aliphatic heterocycles. The molecule has 2 aromatic carbocycles. The highest BCUT2D eigenvalue weighted by atomic mass is 16.2. The minimum absolute atomic E-state index is 0.0273. The normalized spacial score (nSPS) is 16.2. The predicted octanol–water partition coefficient (Wildman–Crippen LogP) is 1.68. The summed E-state index contributed by atoms with van der Waals surface area (Å²) in [6.07, 6.45) is 2.22. The summed E-state index contributed by atoms with van der Waals surface area (Å²) in [7, 11) is 0. The van der Waals surface area contributed by atoms with Crippen LogP contribution >= 0.6 is 0 Å². The third kappa shape index (κ3) is 4.40. The van der Waals surface area contributed by atoms with Gasteiger partial charge in [-0.15, -0.1) is 0 Å². The van der Waals surface area contributed by atoms with E-state index in [1.54, 1.807) is 24.3 Å². The minimum atomic E-state index is -0.706. The minimum Gasteiger partial charge on any atom is -0.352 e. The number of benzene rings is 2. The van der Waals surface area contributed by atoms with Crippen LogP contribution in [-0.2, 0) is 16.0 Å². The first-order chi connectivity index (χ1) is 14.5. The van der Waals surface area contributed by atoms with Gasteiger partial charge in [-0.3, -0.25) is 24.1 Å². The van der Waals surface area contributed by atoms with E-state index in [0.717, 1.165) is 23.3 Å². The van der Waals surface area contributed by atoms with Gasteiger partial charge in [-0.1, -0.05) is 42.5 Å². The largest absolute Gasteiger partial charge is 0.352 e. The zero-order chi connectivity index (χ0) is 21.1. The summed E-state index contributed by atoms with van der Waals surface area (Å²) >= 11 is 0. The molecular formula is C23H23N3O4. The van der Waals surface area contributed by atoms with E-state index in [0.29, 0.717) is 17.5 Å². The fourth-order valence-electron chi connectivity index (χ4n) is 3.51. The molecule has 0 aromatic heterocycles. The lowest BCUT2D eigenvalue weighted by atomic mass is 10.0. The van der Waals surface area contributed by atoms with Crippen LogP contribution in [0.15, 0.2) is 54.6 Å². The Labute approximate surface area is 174 Å². The fraction of sp³-hybridized carbons (Fsp3) is 0.304. The highest BCUT2D eigenvalue weighted by Crippen LogP contribution is 2.22. The van der Waals surface area contributed by atoms with E-state index in [4.69, 9.17) is 0 Å². The molecule has 1 atom stereocenters. The molecule has 0 spiro atoms. The van der Waals surface area contributed by atoms with Crippen molar-refractivity contribution < 1.29 is 19.2 Å². The molecule has 4 amide bonds. The third-order valence-corrected chi connectivity index (χ3v) is 5.30. The number of nitrogens with zero attached hydrogens (tertiary/aromatic N) is 1. The van der Waals surface area contributed by atoms with Gasteiger partial charge in [0.1, 0.15) is 6.04 Å². The van der Waals surface area contributed by atoms with Crippen molar-refractivity contribution in [1.82, 2.24) is 15.5 Å². The van der Waals surface area contributed by atoms with Crippen LogP contribution in [-0.4, -0.2) is 47.2 Å². The van der Waals surface area contributed by atoms with Crippen molar-refractivity contribution in [3.63, 3.8) is 0 Å². The molecule has 7 heteroatoms. The summed E-state index contributed by atoms with van der Waals surface area (Å²) in [5.41, 5.74) is 1.65. The third-order valence-electron chi connectivity index (χ3n) is 5.30. The van der Waals surface area contributed by atoms with Gasteiger partial charge in [-0.25, -0.2) is 0 Å². The molecule has 1 saturated carbocycles. The highest BCUT2D eigenvalue weighted by molar-refractivity contribution is 6.21. The lowest BCUT2D eigenvalue weighted by Gasteiger charge is -2.20. The molecule has 1 heterocycles. The van der Waals surface area contributed by atoms with Crippen molar-refractivity contribution in [2.24, 2.45) is 0 Å². The number of fused-ring (bicyclic) bond motifs is 1. The van der Waals surface area contributed by atoms with Crippen LogP contribution in [0.2, 0.25) is 0 Å². The number of rotatable bonds is 8. The molecule has 0 saturated heterocycles. The second kappa shape index (κ2) is 8.49. The molecule has 2 aliphatic rings. The second-order valence-corrected chi connectivity index (χ2v) is 7.65. The summed E-state index contributed by atoms with van der Waals surface area (Å²) in [6.45, 7) is -0.0273. The Morgan fingerprint density at radius 1 is 0.933 bits per heavy atom. The van der Waals surface area contributed by atoms with Crippen molar-refractivity contribution in [3.05, 3.63) is 71.3 Å². The van der Waals surface area contributed by atoms with Gasteiger partial charge < -0.3 is 10.6 Å².